The first-order valence-corrected chi connectivity index (χ1v) is 21.1. The summed E-state index contributed by atoms with van der Waals surface area (Å²) in [5.41, 5.74) is 4.60. The summed E-state index contributed by atoms with van der Waals surface area (Å²) in [4.78, 5) is 42.2. The lowest BCUT2D eigenvalue weighted by Gasteiger charge is -2.36. The van der Waals surface area contributed by atoms with Gasteiger partial charge in [0.05, 0.1) is 19.2 Å². The van der Waals surface area contributed by atoms with Crippen molar-refractivity contribution in [1.29, 1.82) is 0 Å². The summed E-state index contributed by atoms with van der Waals surface area (Å²) >= 11 is 0. The van der Waals surface area contributed by atoms with Crippen LogP contribution in [0.5, 0.6) is 5.75 Å². The Hall–Kier alpha value is -4.48. The zero-order chi connectivity index (χ0) is 38.3. The summed E-state index contributed by atoms with van der Waals surface area (Å²) in [6.45, 7) is 20.2. The van der Waals surface area contributed by atoms with Gasteiger partial charge in [0.1, 0.15) is 23.7 Å². The van der Waals surface area contributed by atoms with Crippen LogP contribution < -0.4 is 10.1 Å². The molecular formula is C41H56N4O6Si. The van der Waals surface area contributed by atoms with Crippen LogP contribution in [0, 0.1) is 0 Å². The Kier molecular flexibility index (Phi) is 13.1. The second kappa shape index (κ2) is 16.9. The second-order valence-electron chi connectivity index (χ2n) is 15.7. The molecule has 4 rings (SSSR count). The lowest BCUT2D eigenvalue weighted by atomic mass is 9.99. The molecule has 0 aliphatic heterocycles. The molecule has 1 atom stereocenters. The van der Waals surface area contributed by atoms with Gasteiger partial charge in [0.25, 0.3) is 0 Å². The third kappa shape index (κ3) is 10.8. The van der Waals surface area contributed by atoms with Crippen LogP contribution in [-0.4, -0.2) is 58.2 Å². The van der Waals surface area contributed by atoms with Crippen molar-refractivity contribution < 1.29 is 28.6 Å². The van der Waals surface area contributed by atoms with E-state index in [2.05, 4.69) is 62.3 Å². The van der Waals surface area contributed by atoms with E-state index in [1.165, 1.54) is 5.56 Å². The normalized spacial score (nSPS) is 12.8. The first-order chi connectivity index (χ1) is 24.4. The number of hydrogen-bond donors (Lipinski definition) is 2. The van der Waals surface area contributed by atoms with Crippen LogP contribution in [0.15, 0.2) is 73.1 Å². The van der Waals surface area contributed by atoms with E-state index in [0.29, 0.717) is 42.4 Å². The maximum absolute atomic E-state index is 13.9. The van der Waals surface area contributed by atoms with Gasteiger partial charge in [0.2, 0.25) is 0 Å². The summed E-state index contributed by atoms with van der Waals surface area (Å²) in [5.74, 6) is 0.616. The Morgan fingerprint density at radius 1 is 0.923 bits per heavy atom. The van der Waals surface area contributed by atoms with E-state index in [4.69, 9.17) is 19.3 Å². The number of aromatic nitrogens is 3. The predicted molar refractivity (Wildman–Crippen MR) is 208 cm³/mol. The number of nitrogens with zero attached hydrogens (tertiary/aromatic N) is 3. The van der Waals surface area contributed by atoms with Crippen LogP contribution in [0.2, 0.25) is 18.1 Å². The molecule has 2 aromatic carbocycles. The van der Waals surface area contributed by atoms with Crippen LogP contribution in [0.25, 0.3) is 22.4 Å². The molecule has 4 aromatic rings. The summed E-state index contributed by atoms with van der Waals surface area (Å²) in [5, 5.41) is 7.70. The van der Waals surface area contributed by atoms with E-state index < -0.39 is 32.0 Å². The van der Waals surface area contributed by atoms with Crippen molar-refractivity contribution in [3.63, 3.8) is 0 Å². The summed E-state index contributed by atoms with van der Waals surface area (Å²) in [6.07, 6.45) is 3.94. The quantitative estimate of drug-likeness (QED) is 0.0918. The maximum Gasteiger partial charge on any atom is 0.407 e. The number of hydrogen-bond acceptors (Lipinski definition) is 8. The van der Waals surface area contributed by atoms with Crippen LogP contribution in [0.1, 0.15) is 95.8 Å². The first-order valence-electron chi connectivity index (χ1n) is 18.1. The van der Waals surface area contributed by atoms with Crippen molar-refractivity contribution in [2.45, 2.75) is 117 Å². The molecule has 0 spiro atoms. The molecule has 0 aliphatic carbocycles. The minimum Gasteiger partial charge on any atom is -0.489 e. The van der Waals surface area contributed by atoms with Gasteiger partial charge in [-0.3, -0.25) is 9.67 Å². The Morgan fingerprint density at radius 3 is 2.12 bits per heavy atom. The van der Waals surface area contributed by atoms with Gasteiger partial charge in [0, 0.05) is 23.5 Å². The third-order valence-corrected chi connectivity index (χ3v) is 13.0. The molecule has 1 amide bonds. The first kappa shape index (κ1) is 40.3. The number of ether oxygens (including phenoxy) is 3. The lowest BCUT2D eigenvalue weighted by Crippen LogP contribution is -2.44. The molecule has 280 valence electrons. The smallest absolute Gasteiger partial charge is 0.407 e. The highest BCUT2D eigenvalue weighted by Crippen LogP contribution is 2.41. The number of benzene rings is 2. The Balaban J connectivity index is 1.75. The van der Waals surface area contributed by atoms with Gasteiger partial charge < -0.3 is 24.3 Å². The molecule has 0 radical (unpaired) electrons. The number of esters is 1. The van der Waals surface area contributed by atoms with Gasteiger partial charge in [-0.25, -0.2) is 9.59 Å². The van der Waals surface area contributed by atoms with Gasteiger partial charge in [-0.2, -0.15) is 5.10 Å². The number of alkyl carbamates (subject to hydrolysis) is 1. The van der Waals surface area contributed by atoms with Crippen molar-refractivity contribution >= 4 is 20.4 Å². The van der Waals surface area contributed by atoms with Crippen LogP contribution in [0.3, 0.4) is 0 Å². The highest BCUT2D eigenvalue weighted by molar-refractivity contribution is 6.72. The van der Waals surface area contributed by atoms with Gasteiger partial charge in [-0.15, -0.1) is 0 Å². The Bertz CT molecular complexity index is 1770. The zero-order valence-electron chi connectivity index (χ0n) is 32.4. The minimum atomic E-state index is -2.55. The SMILES string of the molecule is CCOC(=O)c1c(-c2ccc(OCc3ccc(C(C)C)cc3)cc2)c(-c2ccncc2)nn1CC(CCC(C)(C)[Si](C)(C)O)NC(=O)OC(C)(C)C. The monoisotopic (exact) mass is 728 g/mol. The summed E-state index contributed by atoms with van der Waals surface area (Å²) in [6, 6.07) is 19.2. The van der Waals surface area contributed by atoms with Crippen LogP contribution >= 0.6 is 0 Å². The fourth-order valence-electron chi connectivity index (χ4n) is 5.60. The van der Waals surface area contributed by atoms with Crippen molar-refractivity contribution in [3.8, 4) is 28.1 Å². The maximum atomic E-state index is 13.9. The van der Waals surface area contributed by atoms with E-state index in [-0.39, 0.29) is 23.9 Å². The van der Waals surface area contributed by atoms with E-state index in [1.807, 2.05) is 70.3 Å². The van der Waals surface area contributed by atoms with E-state index in [9.17, 15) is 14.4 Å². The topological polar surface area (TPSA) is 125 Å². The van der Waals surface area contributed by atoms with E-state index >= 15 is 0 Å². The van der Waals surface area contributed by atoms with Gasteiger partial charge in [0.15, 0.2) is 14.0 Å². The predicted octanol–water partition coefficient (Wildman–Crippen LogP) is 9.14. The van der Waals surface area contributed by atoms with Crippen LogP contribution in [0.4, 0.5) is 4.79 Å². The molecule has 11 heteroatoms. The number of amides is 1. The number of carbonyl (C=O) groups excluding carboxylic acids is 2. The van der Waals surface area contributed by atoms with Crippen molar-refractivity contribution in [2.75, 3.05) is 6.61 Å². The highest BCUT2D eigenvalue weighted by Gasteiger charge is 2.38. The Morgan fingerprint density at radius 2 is 1.56 bits per heavy atom. The summed E-state index contributed by atoms with van der Waals surface area (Å²) in [7, 11) is -2.55. The average molecular weight is 729 g/mol. The molecule has 1 unspecified atom stereocenters. The number of nitrogens with one attached hydrogen (secondary N) is 1. The molecule has 2 heterocycles. The van der Waals surface area contributed by atoms with Gasteiger partial charge in [-0.05, 0) is 106 Å². The number of pyridine rings is 1. The number of carbonyl (C=O) groups is 2. The zero-order valence-corrected chi connectivity index (χ0v) is 33.4. The molecule has 10 nitrogen and oxygen atoms in total. The van der Waals surface area contributed by atoms with Crippen molar-refractivity contribution in [2.24, 2.45) is 0 Å². The minimum absolute atomic E-state index is 0.158. The van der Waals surface area contributed by atoms with Crippen molar-refractivity contribution in [3.05, 3.63) is 89.9 Å². The van der Waals surface area contributed by atoms with E-state index in [0.717, 1.165) is 16.7 Å². The van der Waals surface area contributed by atoms with E-state index in [1.54, 1.807) is 24.0 Å². The molecule has 52 heavy (non-hydrogen) atoms. The lowest BCUT2D eigenvalue weighted by molar-refractivity contribution is 0.0492. The fraction of sp³-hybridized carbons (Fsp3) is 0.463. The Labute approximate surface area is 310 Å². The molecule has 2 N–H and O–H groups in total. The average Bonchev–Trinajstić information content (AvgIpc) is 3.45. The van der Waals surface area contributed by atoms with Gasteiger partial charge in [-0.1, -0.05) is 64.1 Å². The third-order valence-electron chi connectivity index (χ3n) is 9.46. The molecule has 0 aliphatic rings. The highest BCUT2D eigenvalue weighted by atomic mass is 28.4. The summed E-state index contributed by atoms with van der Waals surface area (Å²) < 4.78 is 19.0. The molecule has 0 saturated heterocycles. The second-order valence-corrected chi connectivity index (χ2v) is 20.2. The number of rotatable bonds is 15. The molecule has 0 bridgehead atoms. The standard InChI is InChI=1S/C41H56N4O6Si/c1-11-49-38(46)37-35(31-16-18-34(19-17-31)50-27-29-12-14-30(15-13-29)28(2)3)36(32-21-24-42-25-22-32)44-45(37)26-33(43-39(47)51-40(4,5)6)20-23-41(7,8)52(9,10)48/h12-19,21-22,24-25,28,33,48H,11,20,23,26-27H2,1-10H3,(H,43,47). The fourth-order valence-corrected chi connectivity index (χ4v) is 6.36. The molecule has 0 saturated carbocycles. The van der Waals surface area contributed by atoms with Crippen molar-refractivity contribution in [1.82, 2.24) is 20.1 Å². The van der Waals surface area contributed by atoms with Crippen LogP contribution in [-0.2, 0) is 22.6 Å². The molecule has 0 fully saturated rings. The van der Waals surface area contributed by atoms with Gasteiger partial charge >= 0.3 is 12.1 Å². The molecule has 2 aromatic heterocycles. The molecular weight excluding hydrogens is 673 g/mol. The largest absolute Gasteiger partial charge is 0.489 e.